The molecule has 0 saturated heterocycles. The third-order valence-corrected chi connectivity index (χ3v) is 1.20. The Morgan fingerprint density at radius 3 is 2.70 bits per heavy atom. The summed E-state index contributed by atoms with van der Waals surface area (Å²) in [6.45, 7) is 5.21. The fourth-order valence-corrected chi connectivity index (χ4v) is 0.474. The minimum atomic E-state index is -0.281. The molecule has 0 aromatic heterocycles. The van der Waals surface area contributed by atoms with Gasteiger partial charge < -0.3 is 9.94 Å². The van der Waals surface area contributed by atoms with E-state index in [0.29, 0.717) is 13.2 Å². The molecule has 0 bridgehead atoms. The van der Waals surface area contributed by atoms with Gasteiger partial charge in [-0.1, -0.05) is 13.8 Å². The van der Waals surface area contributed by atoms with Crippen LogP contribution >= 0.6 is 0 Å². The molecule has 0 spiro atoms. The van der Waals surface area contributed by atoms with Gasteiger partial charge in [-0.25, -0.2) is 0 Å². The largest absolute Gasteiger partial charge is 0.392 e. The lowest BCUT2D eigenvalue weighted by molar-refractivity contribution is 0.0137. The van der Waals surface area contributed by atoms with Crippen molar-refractivity contribution in [3.05, 3.63) is 0 Å². The number of aliphatic hydroxyl groups excluding tert-OH is 1. The summed E-state index contributed by atoms with van der Waals surface area (Å²) in [6, 6.07) is 0. The lowest BCUT2D eigenvalue weighted by Crippen LogP contribution is -2.26. The second kappa shape index (κ2) is 6.99. The van der Waals surface area contributed by atoms with Crippen molar-refractivity contribution >= 4 is 0 Å². The summed E-state index contributed by atoms with van der Waals surface area (Å²) in [5.74, 6) is 0. The Labute approximate surface area is 62.3 Å². The van der Waals surface area contributed by atoms with Crippen LogP contribution in [0.1, 0.15) is 26.7 Å². The van der Waals surface area contributed by atoms with Crippen LogP contribution in [0.15, 0.2) is 0 Å². The van der Waals surface area contributed by atoms with Crippen LogP contribution in [-0.2, 0) is 4.84 Å². The van der Waals surface area contributed by atoms with Gasteiger partial charge in [-0.15, -0.1) is 0 Å². The molecular formula is C7H17NO2. The standard InChI is InChI=1S/C7H17NO2/c1-3-5-10-8-6-7(9)4-2/h7-9H,3-6H2,1-2H3/t7-/m1/s1. The van der Waals surface area contributed by atoms with E-state index >= 15 is 0 Å². The summed E-state index contributed by atoms with van der Waals surface area (Å²) >= 11 is 0. The zero-order valence-corrected chi connectivity index (χ0v) is 6.76. The Kier molecular flexibility index (Phi) is 6.91. The third kappa shape index (κ3) is 6.01. The first-order chi connectivity index (χ1) is 4.81. The minimum absolute atomic E-state index is 0.281. The Bertz CT molecular complexity index is 68.6. The van der Waals surface area contributed by atoms with Crippen LogP contribution < -0.4 is 5.48 Å². The molecule has 3 heteroatoms. The first-order valence-corrected chi connectivity index (χ1v) is 3.84. The zero-order chi connectivity index (χ0) is 7.82. The maximum atomic E-state index is 9.01. The fraction of sp³-hybridized carbons (Fsp3) is 1.00. The highest BCUT2D eigenvalue weighted by Gasteiger charge is 1.97. The smallest absolute Gasteiger partial charge is 0.0685 e. The highest BCUT2D eigenvalue weighted by Crippen LogP contribution is 1.86. The molecule has 3 nitrogen and oxygen atoms in total. The highest BCUT2D eigenvalue weighted by molar-refractivity contribution is 4.50. The van der Waals surface area contributed by atoms with Crippen molar-refractivity contribution in [1.29, 1.82) is 0 Å². The molecule has 0 aliphatic heterocycles. The molecule has 0 heterocycles. The first kappa shape index (κ1) is 9.88. The van der Waals surface area contributed by atoms with Crippen LogP contribution in [0, 0.1) is 0 Å². The van der Waals surface area contributed by atoms with Gasteiger partial charge in [-0.05, 0) is 12.8 Å². The predicted molar refractivity (Wildman–Crippen MR) is 40.5 cm³/mol. The fourth-order valence-electron chi connectivity index (χ4n) is 0.474. The number of nitrogens with one attached hydrogen (secondary N) is 1. The lowest BCUT2D eigenvalue weighted by Gasteiger charge is -2.08. The molecule has 0 rings (SSSR count). The molecular weight excluding hydrogens is 130 g/mol. The van der Waals surface area contributed by atoms with E-state index in [1.165, 1.54) is 0 Å². The van der Waals surface area contributed by atoms with E-state index in [-0.39, 0.29) is 6.10 Å². The maximum absolute atomic E-state index is 9.01. The van der Waals surface area contributed by atoms with E-state index in [0.717, 1.165) is 12.8 Å². The van der Waals surface area contributed by atoms with Gasteiger partial charge in [0, 0.05) is 6.54 Å². The molecule has 0 fully saturated rings. The number of aliphatic hydroxyl groups is 1. The van der Waals surface area contributed by atoms with Crippen LogP contribution in [0.2, 0.25) is 0 Å². The lowest BCUT2D eigenvalue weighted by atomic mass is 10.3. The van der Waals surface area contributed by atoms with Crippen LogP contribution in [0.4, 0.5) is 0 Å². The molecule has 0 unspecified atom stereocenters. The topological polar surface area (TPSA) is 41.5 Å². The van der Waals surface area contributed by atoms with Gasteiger partial charge in [0.25, 0.3) is 0 Å². The SMILES string of the molecule is CCCONC[C@H](O)CC. The van der Waals surface area contributed by atoms with Gasteiger partial charge >= 0.3 is 0 Å². The summed E-state index contributed by atoms with van der Waals surface area (Å²) in [7, 11) is 0. The summed E-state index contributed by atoms with van der Waals surface area (Å²) in [5.41, 5.74) is 2.69. The third-order valence-electron chi connectivity index (χ3n) is 1.20. The first-order valence-electron chi connectivity index (χ1n) is 3.84. The molecule has 0 saturated carbocycles. The monoisotopic (exact) mass is 147 g/mol. The molecule has 1 atom stereocenters. The van der Waals surface area contributed by atoms with Gasteiger partial charge in [-0.2, -0.15) is 5.48 Å². The molecule has 0 amide bonds. The number of rotatable bonds is 6. The molecule has 0 aromatic rings. The quantitative estimate of drug-likeness (QED) is 0.429. The van der Waals surface area contributed by atoms with Gasteiger partial charge in [0.15, 0.2) is 0 Å². The molecule has 2 N–H and O–H groups in total. The summed E-state index contributed by atoms with van der Waals surface area (Å²) in [6.07, 6.45) is 1.48. The van der Waals surface area contributed by atoms with Crippen molar-refractivity contribution < 1.29 is 9.94 Å². The Hall–Kier alpha value is -0.120. The zero-order valence-electron chi connectivity index (χ0n) is 6.76. The molecule has 0 aliphatic rings. The van der Waals surface area contributed by atoms with Crippen LogP contribution in [0.25, 0.3) is 0 Å². The normalized spacial score (nSPS) is 13.5. The van der Waals surface area contributed by atoms with E-state index in [2.05, 4.69) is 5.48 Å². The molecule has 0 aliphatic carbocycles. The molecule has 10 heavy (non-hydrogen) atoms. The summed E-state index contributed by atoms with van der Waals surface area (Å²) < 4.78 is 0. The highest BCUT2D eigenvalue weighted by atomic mass is 16.6. The Morgan fingerprint density at radius 2 is 2.20 bits per heavy atom. The minimum Gasteiger partial charge on any atom is -0.392 e. The Balaban J connectivity index is 2.89. The maximum Gasteiger partial charge on any atom is 0.0685 e. The van der Waals surface area contributed by atoms with E-state index < -0.39 is 0 Å². The average Bonchev–Trinajstić information content (AvgIpc) is 1.98. The van der Waals surface area contributed by atoms with Crippen LogP contribution in [0.3, 0.4) is 0 Å². The van der Waals surface area contributed by atoms with Gasteiger partial charge in [0.2, 0.25) is 0 Å². The van der Waals surface area contributed by atoms with E-state index in [1.807, 2.05) is 13.8 Å². The van der Waals surface area contributed by atoms with E-state index in [9.17, 15) is 0 Å². The van der Waals surface area contributed by atoms with Gasteiger partial charge in [-0.3, -0.25) is 0 Å². The van der Waals surface area contributed by atoms with Crippen LogP contribution in [-0.4, -0.2) is 24.4 Å². The van der Waals surface area contributed by atoms with Gasteiger partial charge in [0.05, 0.1) is 12.7 Å². The van der Waals surface area contributed by atoms with Crippen molar-refractivity contribution in [2.45, 2.75) is 32.8 Å². The van der Waals surface area contributed by atoms with Gasteiger partial charge in [0.1, 0.15) is 0 Å². The van der Waals surface area contributed by atoms with E-state index in [1.54, 1.807) is 0 Å². The Morgan fingerprint density at radius 1 is 1.50 bits per heavy atom. The molecule has 62 valence electrons. The van der Waals surface area contributed by atoms with Crippen molar-refractivity contribution in [2.24, 2.45) is 0 Å². The summed E-state index contributed by atoms with van der Waals surface area (Å²) in [4.78, 5) is 4.95. The molecule has 0 aromatic carbocycles. The van der Waals surface area contributed by atoms with Crippen molar-refractivity contribution in [2.75, 3.05) is 13.2 Å². The predicted octanol–water partition coefficient (Wildman–Crippen LogP) is 0.688. The molecule has 0 radical (unpaired) electrons. The number of hydrogen-bond acceptors (Lipinski definition) is 3. The van der Waals surface area contributed by atoms with Crippen molar-refractivity contribution in [1.82, 2.24) is 5.48 Å². The second-order valence-corrected chi connectivity index (χ2v) is 2.26. The second-order valence-electron chi connectivity index (χ2n) is 2.26. The van der Waals surface area contributed by atoms with Crippen molar-refractivity contribution in [3.8, 4) is 0 Å². The summed E-state index contributed by atoms with van der Waals surface area (Å²) in [5, 5.41) is 9.01. The average molecular weight is 147 g/mol. The van der Waals surface area contributed by atoms with Crippen molar-refractivity contribution in [3.63, 3.8) is 0 Å². The number of hydrogen-bond donors (Lipinski definition) is 2. The van der Waals surface area contributed by atoms with E-state index in [4.69, 9.17) is 9.94 Å². The number of hydroxylamine groups is 1. The van der Waals surface area contributed by atoms with Crippen LogP contribution in [0.5, 0.6) is 0 Å².